The van der Waals surface area contributed by atoms with Gasteiger partial charge in [0.05, 0.1) is 6.10 Å². The fourth-order valence-electron chi connectivity index (χ4n) is 2.27. The van der Waals surface area contributed by atoms with Crippen LogP contribution in [0, 0.1) is 0 Å². The summed E-state index contributed by atoms with van der Waals surface area (Å²) in [6.45, 7) is 0. The third-order valence-corrected chi connectivity index (χ3v) is 3.19. The van der Waals surface area contributed by atoms with Gasteiger partial charge in [-0.15, -0.1) is 0 Å². The van der Waals surface area contributed by atoms with Crippen molar-refractivity contribution in [2.24, 2.45) is 0 Å². The van der Waals surface area contributed by atoms with Crippen LogP contribution in [-0.2, 0) is 6.42 Å². The first-order valence-electron chi connectivity index (χ1n) is 4.65. The van der Waals surface area contributed by atoms with Gasteiger partial charge in [0.25, 0.3) is 0 Å². The molecule has 2 aromatic carbocycles. The predicted octanol–water partition coefficient (Wildman–Crippen LogP) is 3.08. The quantitative estimate of drug-likeness (QED) is 0.699. The van der Waals surface area contributed by atoms with Gasteiger partial charge in [-0.1, -0.05) is 35.9 Å². The minimum absolute atomic E-state index is 0.427. The summed E-state index contributed by atoms with van der Waals surface area (Å²) in [6, 6.07) is 9.99. The second-order valence-electron chi connectivity index (χ2n) is 3.70. The molecule has 0 fully saturated rings. The number of hydrogen-bond acceptors (Lipinski definition) is 1. The molecule has 1 nitrogen and oxygen atoms in total. The van der Waals surface area contributed by atoms with Crippen molar-refractivity contribution in [2.45, 2.75) is 12.5 Å². The Hall–Kier alpha value is -1.05. The number of aliphatic hydroxyl groups is 1. The summed E-state index contributed by atoms with van der Waals surface area (Å²) in [5, 5.41) is 12.8. The molecule has 0 bridgehead atoms. The lowest BCUT2D eigenvalue weighted by atomic mass is 10.1. The van der Waals surface area contributed by atoms with Crippen LogP contribution in [0.1, 0.15) is 17.2 Å². The van der Waals surface area contributed by atoms with Crippen LogP contribution < -0.4 is 0 Å². The topological polar surface area (TPSA) is 20.2 Å². The molecular weight excluding hydrogens is 196 g/mol. The van der Waals surface area contributed by atoms with Gasteiger partial charge in [-0.05, 0) is 22.4 Å². The van der Waals surface area contributed by atoms with Gasteiger partial charge in [-0.25, -0.2) is 0 Å². The van der Waals surface area contributed by atoms with Crippen LogP contribution in [0.3, 0.4) is 0 Å². The van der Waals surface area contributed by atoms with E-state index in [2.05, 4.69) is 12.1 Å². The van der Waals surface area contributed by atoms with Crippen molar-refractivity contribution in [1.29, 1.82) is 0 Å². The Kier molecular flexibility index (Phi) is 1.61. The van der Waals surface area contributed by atoms with Gasteiger partial charge in [0, 0.05) is 17.0 Å². The van der Waals surface area contributed by atoms with E-state index >= 15 is 0 Å². The Labute approximate surface area is 86.9 Å². The summed E-state index contributed by atoms with van der Waals surface area (Å²) in [5.41, 5.74) is 2.10. The van der Waals surface area contributed by atoms with Gasteiger partial charge in [-0.3, -0.25) is 0 Å². The molecule has 0 saturated carbocycles. The standard InChI is InChI=1S/C12H9ClO/c13-9-5-4-7-2-1-3-8-6-10(14)12(9)11(7)8/h1-5,10,14H,6H2. The zero-order valence-corrected chi connectivity index (χ0v) is 8.25. The molecule has 1 atom stereocenters. The molecule has 0 spiro atoms. The average Bonchev–Trinajstić information content (AvgIpc) is 2.51. The summed E-state index contributed by atoms with van der Waals surface area (Å²) in [4.78, 5) is 0. The van der Waals surface area contributed by atoms with E-state index in [1.165, 1.54) is 10.9 Å². The molecule has 1 aliphatic rings. The Morgan fingerprint density at radius 2 is 2.07 bits per heavy atom. The predicted molar refractivity (Wildman–Crippen MR) is 57.6 cm³/mol. The maximum absolute atomic E-state index is 9.86. The second kappa shape index (κ2) is 2.72. The summed E-state index contributed by atoms with van der Waals surface area (Å²) in [7, 11) is 0. The number of hydrogen-bond donors (Lipinski definition) is 1. The fourth-order valence-corrected chi connectivity index (χ4v) is 2.55. The van der Waals surface area contributed by atoms with Crippen molar-refractivity contribution in [1.82, 2.24) is 0 Å². The van der Waals surface area contributed by atoms with E-state index < -0.39 is 6.10 Å². The molecule has 1 unspecified atom stereocenters. The highest BCUT2D eigenvalue weighted by atomic mass is 35.5. The molecule has 0 saturated heterocycles. The fraction of sp³-hybridized carbons (Fsp3) is 0.167. The number of aliphatic hydroxyl groups excluding tert-OH is 1. The molecule has 3 rings (SSSR count). The van der Waals surface area contributed by atoms with Crippen molar-refractivity contribution >= 4 is 22.4 Å². The van der Waals surface area contributed by atoms with Crippen LogP contribution in [-0.4, -0.2) is 5.11 Å². The number of benzene rings is 2. The van der Waals surface area contributed by atoms with E-state index in [0.717, 1.165) is 10.9 Å². The summed E-state index contributed by atoms with van der Waals surface area (Å²) < 4.78 is 0. The zero-order chi connectivity index (χ0) is 9.71. The molecular formula is C12H9ClO. The summed E-state index contributed by atoms with van der Waals surface area (Å²) >= 11 is 6.07. The first-order chi connectivity index (χ1) is 6.77. The van der Waals surface area contributed by atoms with E-state index in [1.54, 1.807) is 0 Å². The van der Waals surface area contributed by atoms with Crippen LogP contribution in [0.25, 0.3) is 10.8 Å². The van der Waals surface area contributed by atoms with Crippen molar-refractivity contribution in [3.05, 3.63) is 46.5 Å². The molecule has 14 heavy (non-hydrogen) atoms. The molecule has 0 amide bonds. The molecule has 0 radical (unpaired) electrons. The second-order valence-corrected chi connectivity index (χ2v) is 4.10. The van der Waals surface area contributed by atoms with E-state index in [4.69, 9.17) is 11.6 Å². The molecule has 0 aliphatic heterocycles. The molecule has 0 aromatic heterocycles. The average molecular weight is 205 g/mol. The van der Waals surface area contributed by atoms with Crippen molar-refractivity contribution in [2.75, 3.05) is 0 Å². The van der Waals surface area contributed by atoms with E-state index in [1.807, 2.05) is 18.2 Å². The SMILES string of the molecule is OC1Cc2cccc3ccc(Cl)c1c23. The third kappa shape index (κ3) is 0.941. The normalized spacial score (nSPS) is 19.1. The Balaban J connectivity index is 2.53. The Morgan fingerprint density at radius 1 is 1.21 bits per heavy atom. The Bertz CT molecular complexity index is 519. The lowest BCUT2D eigenvalue weighted by Crippen LogP contribution is -1.93. The van der Waals surface area contributed by atoms with Crippen LogP contribution in [0.4, 0.5) is 0 Å². The van der Waals surface area contributed by atoms with Crippen LogP contribution >= 0.6 is 11.6 Å². The highest BCUT2D eigenvalue weighted by Gasteiger charge is 2.24. The molecule has 1 aliphatic carbocycles. The van der Waals surface area contributed by atoms with Crippen LogP contribution in [0.15, 0.2) is 30.3 Å². The summed E-state index contributed by atoms with van der Waals surface area (Å²) in [6.07, 6.45) is 0.264. The highest BCUT2D eigenvalue weighted by Crippen LogP contribution is 2.40. The maximum Gasteiger partial charge on any atom is 0.0851 e. The van der Waals surface area contributed by atoms with E-state index in [0.29, 0.717) is 11.4 Å². The van der Waals surface area contributed by atoms with Crippen molar-refractivity contribution in [3.63, 3.8) is 0 Å². The molecule has 70 valence electrons. The Morgan fingerprint density at radius 3 is 2.93 bits per heavy atom. The van der Waals surface area contributed by atoms with Gasteiger partial charge in [-0.2, -0.15) is 0 Å². The lowest BCUT2D eigenvalue weighted by molar-refractivity contribution is 0.185. The minimum atomic E-state index is -0.427. The van der Waals surface area contributed by atoms with Gasteiger partial charge >= 0.3 is 0 Å². The first kappa shape index (κ1) is 8.27. The summed E-state index contributed by atoms with van der Waals surface area (Å²) in [5.74, 6) is 0. The molecule has 2 aromatic rings. The van der Waals surface area contributed by atoms with E-state index in [9.17, 15) is 5.11 Å². The minimum Gasteiger partial charge on any atom is -0.388 e. The monoisotopic (exact) mass is 204 g/mol. The van der Waals surface area contributed by atoms with Gasteiger partial charge in [0.15, 0.2) is 0 Å². The lowest BCUT2D eigenvalue weighted by Gasteiger charge is -2.05. The third-order valence-electron chi connectivity index (χ3n) is 2.87. The zero-order valence-electron chi connectivity index (χ0n) is 7.50. The number of rotatable bonds is 0. The van der Waals surface area contributed by atoms with E-state index in [-0.39, 0.29) is 0 Å². The smallest absolute Gasteiger partial charge is 0.0851 e. The van der Waals surface area contributed by atoms with Crippen molar-refractivity contribution < 1.29 is 5.11 Å². The van der Waals surface area contributed by atoms with Gasteiger partial charge in [0.1, 0.15) is 0 Å². The highest BCUT2D eigenvalue weighted by molar-refractivity contribution is 6.32. The van der Waals surface area contributed by atoms with Crippen LogP contribution in [0.2, 0.25) is 5.02 Å². The molecule has 2 heteroatoms. The largest absolute Gasteiger partial charge is 0.388 e. The molecule has 1 N–H and O–H groups in total. The number of halogens is 1. The van der Waals surface area contributed by atoms with Crippen molar-refractivity contribution in [3.8, 4) is 0 Å². The van der Waals surface area contributed by atoms with Gasteiger partial charge in [0.2, 0.25) is 0 Å². The van der Waals surface area contributed by atoms with Crippen LogP contribution in [0.5, 0.6) is 0 Å². The maximum atomic E-state index is 9.86. The molecule has 0 heterocycles. The van der Waals surface area contributed by atoms with Gasteiger partial charge < -0.3 is 5.11 Å². The first-order valence-corrected chi connectivity index (χ1v) is 5.03.